The normalized spacial score (nSPS) is 9.55. The predicted molar refractivity (Wildman–Crippen MR) is 41.1 cm³/mol. The summed E-state index contributed by atoms with van der Waals surface area (Å²) in [6.45, 7) is 1.65. The van der Waals surface area contributed by atoms with Crippen LogP contribution in [-0.4, -0.2) is 21.0 Å². The molecule has 0 saturated heterocycles. The zero-order valence-electron chi connectivity index (χ0n) is 5.79. The van der Waals surface area contributed by atoms with Crippen LogP contribution in [0.5, 0.6) is 0 Å². The molecule has 2 N–H and O–H groups in total. The van der Waals surface area contributed by atoms with Crippen LogP contribution in [0.1, 0.15) is 16.3 Å². The van der Waals surface area contributed by atoms with E-state index in [9.17, 15) is 4.79 Å². The quantitative estimate of drug-likeness (QED) is 0.620. The van der Waals surface area contributed by atoms with E-state index in [0.29, 0.717) is 10.5 Å². The molecule has 0 unspecified atom stereocenters. The van der Waals surface area contributed by atoms with Crippen molar-refractivity contribution in [1.82, 2.24) is 9.97 Å². The van der Waals surface area contributed by atoms with Gasteiger partial charge in [0.2, 0.25) is 0 Å². The Morgan fingerprint density at radius 1 is 1.82 bits per heavy atom. The monoisotopic (exact) mass is 170 g/mol. The number of aromatic nitrogens is 2. The number of rotatable bonds is 1. The van der Waals surface area contributed by atoms with Crippen molar-refractivity contribution >= 4 is 18.2 Å². The van der Waals surface area contributed by atoms with Gasteiger partial charge in [-0.2, -0.15) is 0 Å². The molecule has 0 spiro atoms. The van der Waals surface area contributed by atoms with Gasteiger partial charge >= 0.3 is 5.97 Å². The molecule has 0 aliphatic heterocycles. The Balaban J connectivity index is 3.30. The van der Waals surface area contributed by atoms with Crippen molar-refractivity contribution in [1.29, 1.82) is 0 Å². The summed E-state index contributed by atoms with van der Waals surface area (Å²) < 4.78 is 0.290. The third kappa shape index (κ3) is 1.84. The third-order valence-corrected chi connectivity index (χ3v) is 1.30. The maximum Gasteiger partial charge on any atom is 0.352 e. The Morgan fingerprint density at radius 2 is 2.45 bits per heavy atom. The topological polar surface area (TPSA) is 66.0 Å². The van der Waals surface area contributed by atoms with Gasteiger partial charge in [-0.15, -0.1) is 0 Å². The van der Waals surface area contributed by atoms with E-state index in [1.54, 1.807) is 6.92 Å². The minimum Gasteiger partial charge on any atom is -0.477 e. The largest absolute Gasteiger partial charge is 0.477 e. The summed E-state index contributed by atoms with van der Waals surface area (Å²) in [4.78, 5) is 16.8. The number of carboxylic acid groups (broad SMARTS) is 1. The van der Waals surface area contributed by atoms with E-state index < -0.39 is 5.97 Å². The molecule has 5 heteroatoms. The SMILES string of the molecule is Cc1nc(=S)cc(C(=O)O)[nH]1. The van der Waals surface area contributed by atoms with Crippen molar-refractivity contribution in [3.05, 3.63) is 22.2 Å². The van der Waals surface area contributed by atoms with E-state index in [4.69, 9.17) is 17.3 Å². The van der Waals surface area contributed by atoms with Crippen LogP contribution in [0, 0.1) is 11.6 Å². The molecule has 0 aliphatic carbocycles. The molecular formula is C6H6N2O2S. The number of carboxylic acids is 1. The van der Waals surface area contributed by atoms with Gasteiger partial charge in [0.1, 0.15) is 16.2 Å². The predicted octanol–water partition coefficient (Wildman–Crippen LogP) is 1.15. The summed E-state index contributed by atoms with van der Waals surface area (Å²) >= 11 is 4.71. The highest BCUT2D eigenvalue weighted by Crippen LogP contribution is 1.95. The lowest BCUT2D eigenvalue weighted by molar-refractivity contribution is 0.0690. The third-order valence-electron chi connectivity index (χ3n) is 1.09. The second kappa shape index (κ2) is 2.79. The van der Waals surface area contributed by atoms with Crippen LogP contribution in [0.15, 0.2) is 6.07 Å². The van der Waals surface area contributed by atoms with Crippen LogP contribution in [0.25, 0.3) is 0 Å². The van der Waals surface area contributed by atoms with Crippen molar-refractivity contribution in [2.45, 2.75) is 6.92 Å². The van der Waals surface area contributed by atoms with E-state index in [2.05, 4.69) is 9.97 Å². The molecule has 58 valence electrons. The van der Waals surface area contributed by atoms with E-state index in [0.717, 1.165) is 0 Å². The molecule has 1 aromatic rings. The highest BCUT2D eigenvalue weighted by Gasteiger charge is 2.02. The van der Waals surface area contributed by atoms with Gasteiger partial charge in [-0.05, 0) is 6.92 Å². The average molecular weight is 170 g/mol. The second-order valence-electron chi connectivity index (χ2n) is 2.02. The van der Waals surface area contributed by atoms with Crippen LogP contribution in [0.2, 0.25) is 0 Å². The second-order valence-corrected chi connectivity index (χ2v) is 2.44. The number of aromatic amines is 1. The average Bonchev–Trinajstić information content (AvgIpc) is 1.85. The van der Waals surface area contributed by atoms with Gasteiger partial charge in [0, 0.05) is 6.07 Å². The summed E-state index contributed by atoms with van der Waals surface area (Å²) in [5.74, 6) is -0.517. The lowest BCUT2D eigenvalue weighted by Gasteiger charge is -1.95. The van der Waals surface area contributed by atoms with Crippen molar-refractivity contribution < 1.29 is 9.90 Å². The van der Waals surface area contributed by atoms with Crippen LogP contribution in [0.4, 0.5) is 0 Å². The summed E-state index contributed by atoms with van der Waals surface area (Å²) in [6.07, 6.45) is 0. The molecule has 1 aromatic heterocycles. The van der Waals surface area contributed by atoms with E-state index in [1.165, 1.54) is 6.07 Å². The summed E-state index contributed by atoms with van der Waals surface area (Å²) in [5.41, 5.74) is 0.0718. The molecule has 0 aromatic carbocycles. The first-order chi connectivity index (χ1) is 5.09. The van der Waals surface area contributed by atoms with Gasteiger partial charge in [0.25, 0.3) is 0 Å². The standard InChI is InChI=1S/C6H6N2O2S/c1-3-7-4(6(9)10)2-5(11)8-3/h2H,1H3,(H,9,10)(H,7,8,11). The summed E-state index contributed by atoms with van der Waals surface area (Å²) in [6, 6.07) is 1.31. The van der Waals surface area contributed by atoms with Crippen molar-refractivity contribution in [3.63, 3.8) is 0 Å². The van der Waals surface area contributed by atoms with E-state index >= 15 is 0 Å². The van der Waals surface area contributed by atoms with Gasteiger partial charge in [-0.25, -0.2) is 9.78 Å². The zero-order chi connectivity index (χ0) is 8.43. The number of hydrogen-bond donors (Lipinski definition) is 2. The Bertz CT molecular complexity index is 345. The Labute approximate surface area is 67.9 Å². The van der Waals surface area contributed by atoms with Crippen LogP contribution < -0.4 is 0 Å². The maximum absolute atomic E-state index is 10.4. The Kier molecular flexibility index (Phi) is 2.00. The van der Waals surface area contributed by atoms with E-state index in [-0.39, 0.29) is 5.69 Å². The number of nitrogens with one attached hydrogen (secondary N) is 1. The van der Waals surface area contributed by atoms with Crippen LogP contribution >= 0.6 is 12.2 Å². The molecule has 1 rings (SSSR count). The summed E-state index contributed by atoms with van der Waals surface area (Å²) in [5, 5.41) is 8.53. The molecule has 0 radical (unpaired) electrons. The fourth-order valence-corrected chi connectivity index (χ4v) is 0.950. The number of aromatic carboxylic acids is 1. The van der Waals surface area contributed by atoms with Gasteiger partial charge in [-0.1, -0.05) is 12.2 Å². The molecule has 0 fully saturated rings. The Hall–Kier alpha value is -1.23. The number of aryl methyl sites for hydroxylation is 1. The lowest BCUT2D eigenvalue weighted by Crippen LogP contribution is -2.02. The molecule has 1 heterocycles. The molecule has 0 aliphatic rings. The van der Waals surface area contributed by atoms with Crippen molar-refractivity contribution in [2.75, 3.05) is 0 Å². The molecule has 11 heavy (non-hydrogen) atoms. The molecule has 0 saturated carbocycles. The molecule has 0 amide bonds. The molecular weight excluding hydrogens is 164 g/mol. The van der Waals surface area contributed by atoms with Gasteiger partial charge in [-0.3, -0.25) is 0 Å². The smallest absolute Gasteiger partial charge is 0.352 e. The maximum atomic E-state index is 10.4. The van der Waals surface area contributed by atoms with E-state index in [1.807, 2.05) is 0 Å². The first kappa shape index (κ1) is 7.87. The van der Waals surface area contributed by atoms with Crippen molar-refractivity contribution in [2.24, 2.45) is 0 Å². The molecule has 0 bridgehead atoms. The fraction of sp³-hybridized carbons (Fsp3) is 0.167. The van der Waals surface area contributed by atoms with Gasteiger partial charge < -0.3 is 10.1 Å². The number of H-pyrrole nitrogens is 1. The number of carbonyl (C=O) groups is 1. The number of hydrogen-bond acceptors (Lipinski definition) is 3. The van der Waals surface area contributed by atoms with Gasteiger partial charge in [0.15, 0.2) is 0 Å². The van der Waals surface area contributed by atoms with Crippen LogP contribution in [-0.2, 0) is 0 Å². The fourth-order valence-electron chi connectivity index (χ4n) is 0.695. The highest BCUT2D eigenvalue weighted by molar-refractivity contribution is 7.71. The molecule has 4 nitrogen and oxygen atoms in total. The summed E-state index contributed by atoms with van der Waals surface area (Å²) in [7, 11) is 0. The molecule has 0 atom stereocenters. The highest BCUT2D eigenvalue weighted by atomic mass is 32.1. The first-order valence-electron chi connectivity index (χ1n) is 2.91. The minimum atomic E-state index is -1.03. The van der Waals surface area contributed by atoms with Crippen LogP contribution in [0.3, 0.4) is 0 Å². The Morgan fingerprint density at radius 3 is 2.91 bits per heavy atom. The zero-order valence-corrected chi connectivity index (χ0v) is 6.60. The number of nitrogens with zero attached hydrogens (tertiary/aromatic N) is 1. The lowest BCUT2D eigenvalue weighted by atomic mass is 10.4. The minimum absolute atomic E-state index is 0.0718. The first-order valence-corrected chi connectivity index (χ1v) is 3.31. The van der Waals surface area contributed by atoms with Crippen molar-refractivity contribution in [3.8, 4) is 0 Å². The van der Waals surface area contributed by atoms with Gasteiger partial charge in [0.05, 0.1) is 0 Å².